The maximum absolute atomic E-state index is 5.48. The number of anilines is 1. The topological polar surface area (TPSA) is 58.1 Å². The first-order chi connectivity index (χ1) is 12.7. The van der Waals surface area contributed by atoms with Crippen molar-refractivity contribution in [3.63, 3.8) is 0 Å². The molecule has 2 N–H and O–H groups in total. The van der Waals surface area contributed by atoms with Crippen molar-refractivity contribution in [3.05, 3.63) is 29.8 Å². The van der Waals surface area contributed by atoms with Gasteiger partial charge in [0.1, 0.15) is 0 Å². The molecule has 1 heterocycles. The van der Waals surface area contributed by atoms with E-state index in [1.807, 2.05) is 0 Å². The van der Waals surface area contributed by atoms with Gasteiger partial charge in [-0.05, 0) is 38.8 Å². The normalized spacial score (nSPS) is 17.6. The first kappa shape index (κ1) is 20.5. The zero-order valence-corrected chi connectivity index (χ0v) is 16.5. The number of ether oxygens (including phenoxy) is 2. The van der Waals surface area contributed by atoms with Gasteiger partial charge in [-0.1, -0.05) is 17.7 Å². The van der Waals surface area contributed by atoms with Gasteiger partial charge in [0.25, 0.3) is 0 Å². The summed E-state index contributed by atoms with van der Waals surface area (Å²) in [4.78, 5) is 7.10. The number of nitrogens with zero attached hydrogens (tertiary/aromatic N) is 2. The Morgan fingerprint density at radius 2 is 2.04 bits per heavy atom. The van der Waals surface area contributed by atoms with Gasteiger partial charge in [-0.15, -0.1) is 0 Å². The Bertz CT molecular complexity index is 533. The molecule has 0 amide bonds. The largest absolute Gasteiger partial charge is 0.382 e. The van der Waals surface area contributed by atoms with E-state index in [2.05, 4.69) is 58.6 Å². The summed E-state index contributed by atoms with van der Waals surface area (Å²) < 4.78 is 10.4. The third kappa shape index (κ3) is 7.22. The average molecular weight is 363 g/mol. The van der Waals surface area contributed by atoms with E-state index >= 15 is 0 Å². The van der Waals surface area contributed by atoms with E-state index in [-0.39, 0.29) is 0 Å². The number of aliphatic imine (C=N–C) groups is 1. The van der Waals surface area contributed by atoms with Crippen LogP contribution in [0.25, 0.3) is 0 Å². The van der Waals surface area contributed by atoms with Crippen LogP contribution in [0.15, 0.2) is 29.3 Å². The van der Waals surface area contributed by atoms with Gasteiger partial charge < -0.3 is 25.0 Å². The monoisotopic (exact) mass is 362 g/mol. The van der Waals surface area contributed by atoms with Crippen LogP contribution in [0.5, 0.6) is 0 Å². The summed E-state index contributed by atoms with van der Waals surface area (Å²) in [5.41, 5.74) is 2.60. The second-order valence-corrected chi connectivity index (χ2v) is 6.63. The number of nitrogens with one attached hydrogen (secondary N) is 2. The van der Waals surface area contributed by atoms with E-state index in [1.54, 1.807) is 7.11 Å². The van der Waals surface area contributed by atoms with Crippen LogP contribution in [0.4, 0.5) is 5.69 Å². The van der Waals surface area contributed by atoms with Crippen molar-refractivity contribution in [2.24, 2.45) is 4.99 Å². The second kappa shape index (κ2) is 11.8. The molecular weight excluding hydrogens is 328 g/mol. The molecule has 1 aromatic rings. The molecule has 2 rings (SSSR count). The zero-order valence-electron chi connectivity index (χ0n) is 16.5. The molecule has 1 fully saturated rings. The minimum atomic E-state index is 0.423. The Hall–Kier alpha value is -1.79. The Labute approximate surface area is 158 Å². The van der Waals surface area contributed by atoms with E-state index in [0.29, 0.717) is 19.3 Å². The molecule has 0 saturated carbocycles. The van der Waals surface area contributed by atoms with Gasteiger partial charge in [0.2, 0.25) is 0 Å². The smallest absolute Gasteiger partial charge is 0.191 e. The Morgan fingerprint density at radius 1 is 1.23 bits per heavy atom. The summed E-state index contributed by atoms with van der Waals surface area (Å²) in [6.07, 6.45) is 2.04. The van der Waals surface area contributed by atoms with Crippen LogP contribution >= 0.6 is 0 Å². The molecule has 1 atom stereocenters. The number of rotatable bonds is 10. The van der Waals surface area contributed by atoms with Crippen LogP contribution in [0.1, 0.15) is 25.3 Å². The number of hydrogen-bond donors (Lipinski definition) is 2. The lowest BCUT2D eigenvalue weighted by Gasteiger charge is -2.20. The van der Waals surface area contributed by atoms with Crippen molar-refractivity contribution in [2.75, 3.05) is 58.0 Å². The van der Waals surface area contributed by atoms with Gasteiger partial charge in [0, 0.05) is 51.6 Å². The minimum absolute atomic E-state index is 0.423. The fourth-order valence-corrected chi connectivity index (χ4v) is 2.98. The zero-order chi connectivity index (χ0) is 18.6. The lowest BCUT2D eigenvalue weighted by Crippen LogP contribution is -2.44. The number of aryl methyl sites for hydroxylation is 1. The molecule has 0 aromatic heterocycles. The molecule has 6 heteroatoms. The second-order valence-electron chi connectivity index (χ2n) is 6.63. The lowest BCUT2D eigenvalue weighted by molar-refractivity contribution is 0.0702. The molecule has 1 aromatic carbocycles. The molecule has 0 radical (unpaired) electrons. The molecule has 0 bridgehead atoms. The predicted molar refractivity (Wildman–Crippen MR) is 108 cm³/mol. The molecule has 26 heavy (non-hydrogen) atoms. The van der Waals surface area contributed by atoms with Crippen LogP contribution < -0.4 is 15.5 Å². The molecule has 1 saturated heterocycles. The van der Waals surface area contributed by atoms with Crippen molar-refractivity contribution >= 4 is 11.6 Å². The van der Waals surface area contributed by atoms with Gasteiger partial charge in [-0.3, -0.25) is 4.99 Å². The first-order valence-corrected chi connectivity index (χ1v) is 9.66. The Morgan fingerprint density at radius 3 is 2.77 bits per heavy atom. The summed E-state index contributed by atoms with van der Waals surface area (Å²) in [6, 6.07) is 9.19. The predicted octanol–water partition coefficient (Wildman–Crippen LogP) is 2.18. The number of methoxy groups -OCH3 is 1. The van der Waals surface area contributed by atoms with Crippen LogP contribution in [-0.2, 0) is 9.47 Å². The van der Waals surface area contributed by atoms with E-state index in [9.17, 15) is 0 Å². The summed E-state index contributed by atoms with van der Waals surface area (Å²) in [5, 5.41) is 6.92. The van der Waals surface area contributed by atoms with E-state index in [0.717, 1.165) is 51.6 Å². The lowest BCUT2D eigenvalue weighted by atomic mass is 10.2. The quantitative estimate of drug-likeness (QED) is 0.380. The molecular formula is C20H34N4O2. The molecule has 0 spiro atoms. The highest BCUT2D eigenvalue weighted by molar-refractivity contribution is 5.80. The third-order valence-corrected chi connectivity index (χ3v) is 4.42. The summed E-state index contributed by atoms with van der Waals surface area (Å²) in [5.74, 6) is 0.903. The highest BCUT2D eigenvalue weighted by Crippen LogP contribution is 2.20. The molecule has 0 aliphatic carbocycles. The van der Waals surface area contributed by atoms with E-state index < -0.39 is 0 Å². The van der Waals surface area contributed by atoms with E-state index in [1.165, 1.54) is 11.3 Å². The summed E-state index contributed by atoms with van der Waals surface area (Å²) in [7, 11) is 1.69. The summed E-state index contributed by atoms with van der Waals surface area (Å²) >= 11 is 0. The van der Waals surface area contributed by atoms with Gasteiger partial charge in [-0.2, -0.15) is 0 Å². The van der Waals surface area contributed by atoms with Crippen molar-refractivity contribution < 1.29 is 9.47 Å². The van der Waals surface area contributed by atoms with Crippen molar-refractivity contribution in [1.82, 2.24) is 10.6 Å². The fourth-order valence-electron chi connectivity index (χ4n) is 2.98. The molecule has 1 aliphatic heterocycles. The van der Waals surface area contributed by atoms with Gasteiger partial charge in [-0.25, -0.2) is 0 Å². The van der Waals surface area contributed by atoms with Crippen LogP contribution in [0.3, 0.4) is 0 Å². The van der Waals surface area contributed by atoms with Crippen LogP contribution in [0, 0.1) is 6.92 Å². The molecule has 1 unspecified atom stereocenters. The molecule has 6 nitrogen and oxygen atoms in total. The van der Waals surface area contributed by atoms with Crippen molar-refractivity contribution in [1.29, 1.82) is 0 Å². The summed E-state index contributed by atoms with van der Waals surface area (Å²) in [6.45, 7) is 9.94. The third-order valence-electron chi connectivity index (χ3n) is 4.42. The maximum atomic E-state index is 5.48. The maximum Gasteiger partial charge on any atom is 0.191 e. The Balaban J connectivity index is 1.74. The first-order valence-electron chi connectivity index (χ1n) is 9.66. The van der Waals surface area contributed by atoms with Crippen molar-refractivity contribution in [3.8, 4) is 0 Å². The SMILES string of the molecule is CCNC(=NCCCOCCOC)NC1CCN(c2ccc(C)cc2)C1. The van der Waals surface area contributed by atoms with Crippen molar-refractivity contribution in [2.45, 2.75) is 32.7 Å². The van der Waals surface area contributed by atoms with Crippen LogP contribution in [0.2, 0.25) is 0 Å². The van der Waals surface area contributed by atoms with Crippen LogP contribution in [-0.4, -0.2) is 65.1 Å². The van der Waals surface area contributed by atoms with Gasteiger partial charge in [0.05, 0.1) is 13.2 Å². The van der Waals surface area contributed by atoms with E-state index in [4.69, 9.17) is 9.47 Å². The highest BCUT2D eigenvalue weighted by atomic mass is 16.5. The fraction of sp³-hybridized carbons (Fsp3) is 0.650. The molecule has 146 valence electrons. The van der Waals surface area contributed by atoms with Gasteiger partial charge >= 0.3 is 0 Å². The van der Waals surface area contributed by atoms with Gasteiger partial charge in [0.15, 0.2) is 5.96 Å². The minimum Gasteiger partial charge on any atom is -0.382 e. The average Bonchev–Trinajstić information content (AvgIpc) is 3.10. The number of guanidine groups is 1. The number of benzene rings is 1. The standard InChI is InChI=1S/C20H34N4O2/c1-4-21-20(22-11-5-13-26-15-14-25-3)23-18-10-12-24(16-18)19-8-6-17(2)7-9-19/h6-9,18H,4-5,10-16H2,1-3H3,(H2,21,22,23). The highest BCUT2D eigenvalue weighted by Gasteiger charge is 2.23. The molecule has 1 aliphatic rings. The Kier molecular flexibility index (Phi) is 9.28. The number of hydrogen-bond acceptors (Lipinski definition) is 4.